The molecular weight excluding hydrogens is 380 g/mol. The maximum Gasteiger partial charge on any atom is 0.252 e. The third-order valence-corrected chi connectivity index (χ3v) is 6.28. The fourth-order valence-corrected chi connectivity index (χ4v) is 4.41. The van der Waals surface area contributed by atoms with Crippen LogP contribution in [-0.2, 0) is 16.6 Å². The Balaban J connectivity index is 2.01. The summed E-state index contributed by atoms with van der Waals surface area (Å²) in [5.41, 5.74) is 0.607. The SMILES string of the molecule is COc1ccc2[nH]c(=O)c(CN(CCCO)S(=O)(=O)c3ccccc3)cc2c1. The summed E-state index contributed by atoms with van der Waals surface area (Å²) < 4.78 is 32.5. The molecule has 0 atom stereocenters. The summed E-state index contributed by atoms with van der Waals surface area (Å²) in [6, 6.07) is 15.0. The van der Waals surface area contributed by atoms with Gasteiger partial charge in [-0.25, -0.2) is 8.42 Å². The predicted octanol–water partition coefficient (Wildman–Crippen LogP) is 2.11. The van der Waals surface area contributed by atoms with Crippen molar-refractivity contribution in [1.82, 2.24) is 9.29 Å². The van der Waals surface area contributed by atoms with Crippen molar-refractivity contribution in [3.8, 4) is 5.75 Å². The van der Waals surface area contributed by atoms with Crippen molar-refractivity contribution in [2.45, 2.75) is 17.9 Å². The molecule has 3 rings (SSSR count). The number of fused-ring (bicyclic) bond motifs is 1. The van der Waals surface area contributed by atoms with E-state index in [-0.39, 0.29) is 36.6 Å². The number of nitrogens with zero attached hydrogens (tertiary/aromatic N) is 1. The first-order valence-electron chi connectivity index (χ1n) is 8.81. The van der Waals surface area contributed by atoms with Crippen LogP contribution < -0.4 is 10.3 Å². The first-order chi connectivity index (χ1) is 13.5. The van der Waals surface area contributed by atoms with Crippen LogP contribution in [0, 0.1) is 0 Å². The number of aliphatic hydroxyl groups excluding tert-OH is 1. The molecule has 7 nitrogen and oxygen atoms in total. The Labute approximate surface area is 163 Å². The van der Waals surface area contributed by atoms with Gasteiger partial charge in [0.25, 0.3) is 5.56 Å². The first kappa shape index (κ1) is 20.1. The van der Waals surface area contributed by atoms with Gasteiger partial charge in [-0.3, -0.25) is 4.79 Å². The van der Waals surface area contributed by atoms with Crippen molar-refractivity contribution in [2.24, 2.45) is 0 Å². The van der Waals surface area contributed by atoms with E-state index in [0.29, 0.717) is 16.8 Å². The largest absolute Gasteiger partial charge is 0.497 e. The van der Waals surface area contributed by atoms with Gasteiger partial charge in [0.2, 0.25) is 10.0 Å². The number of H-pyrrole nitrogens is 1. The third kappa shape index (κ3) is 4.24. The zero-order valence-corrected chi connectivity index (χ0v) is 16.3. The number of benzene rings is 2. The standard InChI is InChI=1S/C20H22N2O5S/c1-27-17-8-9-19-15(13-17)12-16(20(24)21-19)14-22(10-5-11-23)28(25,26)18-6-3-2-4-7-18/h2-4,6-9,12-13,23H,5,10-11,14H2,1H3,(H,21,24). The minimum Gasteiger partial charge on any atom is -0.497 e. The highest BCUT2D eigenvalue weighted by atomic mass is 32.2. The van der Waals surface area contributed by atoms with E-state index in [1.54, 1.807) is 49.6 Å². The highest BCUT2D eigenvalue weighted by Crippen LogP contribution is 2.21. The summed E-state index contributed by atoms with van der Waals surface area (Å²) in [4.78, 5) is 15.4. The lowest BCUT2D eigenvalue weighted by Gasteiger charge is -2.22. The van der Waals surface area contributed by atoms with Crippen molar-refractivity contribution >= 4 is 20.9 Å². The molecule has 148 valence electrons. The molecule has 0 aliphatic rings. The molecule has 2 aromatic carbocycles. The number of aromatic amines is 1. The van der Waals surface area contributed by atoms with E-state index in [2.05, 4.69) is 4.98 Å². The van der Waals surface area contributed by atoms with Crippen LogP contribution in [0.5, 0.6) is 5.75 Å². The molecule has 0 saturated carbocycles. The Morgan fingerprint density at radius 1 is 1.11 bits per heavy atom. The van der Waals surface area contributed by atoms with E-state index in [9.17, 15) is 13.2 Å². The Bertz CT molecular complexity index is 1110. The number of sulfonamides is 1. The zero-order valence-electron chi connectivity index (χ0n) is 15.5. The fraction of sp³-hybridized carbons (Fsp3) is 0.250. The Hall–Kier alpha value is -2.68. The van der Waals surface area contributed by atoms with E-state index in [1.165, 1.54) is 16.4 Å². The van der Waals surface area contributed by atoms with Gasteiger partial charge in [0, 0.05) is 36.2 Å². The van der Waals surface area contributed by atoms with E-state index < -0.39 is 10.0 Å². The maximum absolute atomic E-state index is 13.0. The number of nitrogens with one attached hydrogen (secondary N) is 1. The molecule has 1 heterocycles. The summed E-state index contributed by atoms with van der Waals surface area (Å²) in [6.07, 6.45) is 0.269. The van der Waals surface area contributed by atoms with Crippen molar-refractivity contribution in [3.05, 3.63) is 70.5 Å². The molecule has 0 fully saturated rings. The number of rotatable bonds is 8. The lowest BCUT2D eigenvalue weighted by molar-refractivity contribution is 0.267. The molecule has 28 heavy (non-hydrogen) atoms. The minimum absolute atomic E-state index is 0.0975. The van der Waals surface area contributed by atoms with Crippen LogP contribution in [0.3, 0.4) is 0 Å². The number of aromatic nitrogens is 1. The summed E-state index contributed by atoms with van der Waals surface area (Å²) in [5.74, 6) is 0.638. The van der Waals surface area contributed by atoms with Crippen molar-refractivity contribution in [2.75, 3.05) is 20.3 Å². The number of hydrogen-bond acceptors (Lipinski definition) is 5. The van der Waals surface area contributed by atoms with Crippen LogP contribution >= 0.6 is 0 Å². The second kappa shape index (κ2) is 8.55. The number of aliphatic hydroxyl groups is 1. The number of ether oxygens (including phenoxy) is 1. The van der Waals surface area contributed by atoms with Crippen LogP contribution in [0.2, 0.25) is 0 Å². The topological polar surface area (TPSA) is 99.7 Å². The van der Waals surface area contributed by atoms with Gasteiger partial charge in [-0.2, -0.15) is 4.31 Å². The molecule has 0 bridgehead atoms. The van der Waals surface area contributed by atoms with Gasteiger partial charge in [0.15, 0.2) is 0 Å². The Kier molecular flexibility index (Phi) is 6.13. The maximum atomic E-state index is 13.0. The van der Waals surface area contributed by atoms with E-state index in [4.69, 9.17) is 9.84 Å². The normalized spacial score (nSPS) is 11.8. The molecule has 3 aromatic rings. The highest BCUT2D eigenvalue weighted by Gasteiger charge is 2.25. The molecular formula is C20H22N2O5S. The highest BCUT2D eigenvalue weighted by molar-refractivity contribution is 7.89. The molecule has 0 saturated heterocycles. The van der Waals surface area contributed by atoms with E-state index in [1.807, 2.05) is 0 Å². The van der Waals surface area contributed by atoms with Gasteiger partial charge >= 0.3 is 0 Å². The Morgan fingerprint density at radius 3 is 2.54 bits per heavy atom. The summed E-state index contributed by atoms with van der Waals surface area (Å²) in [6.45, 7) is -0.144. The first-order valence-corrected chi connectivity index (χ1v) is 10.3. The van der Waals surface area contributed by atoms with E-state index in [0.717, 1.165) is 5.39 Å². The molecule has 0 unspecified atom stereocenters. The van der Waals surface area contributed by atoms with Gasteiger partial charge < -0.3 is 14.8 Å². The van der Waals surface area contributed by atoms with Gasteiger partial charge in [-0.1, -0.05) is 18.2 Å². The van der Waals surface area contributed by atoms with Crippen LogP contribution in [0.1, 0.15) is 12.0 Å². The monoisotopic (exact) mass is 402 g/mol. The number of methoxy groups -OCH3 is 1. The molecule has 0 amide bonds. The predicted molar refractivity (Wildman–Crippen MR) is 107 cm³/mol. The van der Waals surface area contributed by atoms with Crippen LogP contribution in [0.15, 0.2) is 64.3 Å². The lowest BCUT2D eigenvalue weighted by atomic mass is 10.1. The van der Waals surface area contributed by atoms with Crippen LogP contribution in [-0.4, -0.2) is 43.1 Å². The molecule has 1 aromatic heterocycles. The van der Waals surface area contributed by atoms with Crippen LogP contribution in [0.25, 0.3) is 10.9 Å². The number of pyridine rings is 1. The zero-order chi connectivity index (χ0) is 20.1. The third-order valence-electron chi connectivity index (χ3n) is 4.42. The van der Waals surface area contributed by atoms with Crippen molar-refractivity contribution < 1.29 is 18.3 Å². The van der Waals surface area contributed by atoms with Crippen LogP contribution in [0.4, 0.5) is 0 Å². The average molecular weight is 402 g/mol. The molecule has 0 spiro atoms. The minimum atomic E-state index is -3.81. The molecule has 0 aliphatic carbocycles. The molecule has 0 radical (unpaired) electrons. The second-order valence-corrected chi connectivity index (χ2v) is 8.24. The molecule has 2 N–H and O–H groups in total. The van der Waals surface area contributed by atoms with Gasteiger partial charge in [0.1, 0.15) is 5.75 Å². The molecule has 8 heteroatoms. The quantitative estimate of drug-likeness (QED) is 0.601. The average Bonchev–Trinajstić information content (AvgIpc) is 2.71. The van der Waals surface area contributed by atoms with Gasteiger partial charge in [-0.15, -0.1) is 0 Å². The molecule has 0 aliphatic heterocycles. The Morgan fingerprint density at radius 2 is 1.86 bits per heavy atom. The summed E-state index contributed by atoms with van der Waals surface area (Å²) in [5, 5.41) is 9.91. The van der Waals surface area contributed by atoms with Crippen molar-refractivity contribution in [3.63, 3.8) is 0 Å². The summed E-state index contributed by atoms with van der Waals surface area (Å²) >= 11 is 0. The van der Waals surface area contributed by atoms with Gasteiger partial charge in [0.05, 0.1) is 12.0 Å². The van der Waals surface area contributed by atoms with E-state index >= 15 is 0 Å². The van der Waals surface area contributed by atoms with Crippen molar-refractivity contribution in [1.29, 1.82) is 0 Å². The smallest absolute Gasteiger partial charge is 0.252 e. The lowest BCUT2D eigenvalue weighted by Crippen LogP contribution is -2.34. The summed E-state index contributed by atoms with van der Waals surface area (Å²) in [7, 11) is -2.26. The van der Waals surface area contributed by atoms with Gasteiger partial charge in [-0.05, 0) is 42.8 Å². The fourth-order valence-electron chi connectivity index (χ4n) is 2.94. The second-order valence-electron chi connectivity index (χ2n) is 6.31. The number of hydrogen-bond donors (Lipinski definition) is 2.